The highest BCUT2D eigenvalue weighted by Crippen LogP contribution is 2.32. The van der Waals surface area contributed by atoms with E-state index in [0.29, 0.717) is 13.1 Å². The first kappa shape index (κ1) is 21.4. The van der Waals surface area contributed by atoms with Crippen LogP contribution in [-0.2, 0) is 16.1 Å². The number of amides is 3. The number of benzene rings is 1. The van der Waals surface area contributed by atoms with Gasteiger partial charge in [-0.05, 0) is 37.0 Å². The Balaban J connectivity index is 1.51. The summed E-state index contributed by atoms with van der Waals surface area (Å²) in [5, 5.41) is 27.5. The van der Waals surface area contributed by atoms with E-state index < -0.39 is 12.3 Å². The number of nitrogens with zero attached hydrogens (tertiary/aromatic N) is 1. The third-order valence-electron chi connectivity index (χ3n) is 5.37. The molecular weight excluding hydrogens is 376 g/mol. The quantitative estimate of drug-likeness (QED) is 0.473. The maximum atomic E-state index is 12.2. The van der Waals surface area contributed by atoms with Gasteiger partial charge in [0.05, 0.1) is 31.9 Å². The van der Waals surface area contributed by atoms with Gasteiger partial charge in [0, 0.05) is 24.3 Å². The van der Waals surface area contributed by atoms with Gasteiger partial charge in [0.2, 0.25) is 5.91 Å². The number of ether oxygens (including phenoxy) is 1. The van der Waals surface area contributed by atoms with Gasteiger partial charge in [0.1, 0.15) is 6.23 Å². The SMILES string of the molecule is CC[C@@H]1OC[C@@H](O)Nc2ccc(CNC(=O)NCC(=O)N3CCCC3CO)cc21. The number of likely N-dealkylation sites (tertiary alicyclic amines) is 1. The van der Waals surface area contributed by atoms with Crippen LogP contribution < -0.4 is 16.0 Å². The normalized spacial score (nSPS) is 23.7. The number of anilines is 1. The highest BCUT2D eigenvalue weighted by atomic mass is 16.5. The minimum Gasteiger partial charge on any atom is -0.394 e. The number of aliphatic hydroxyl groups is 2. The molecule has 5 N–H and O–H groups in total. The molecule has 0 bridgehead atoms. The van der Waals surface area contributed by atoms with Crippen LogP contribution in [0.4, 0.5) is 10.5 Å². The molecule has 9 heteroatoms. The number of carbonyl (C=O) groups excluding carboxylic acids is 2. The molecule has 1 aromatic rings. The van der Waals surface area contributed by atoms with Gasteiger partial charge in [-0.15, -0.1) is 0 Å². The highest BCUT2D eigenvalue weighted by Gasteiger charge is 2.28. The minimum atomic E-state index is -0.751. The molecule has 29 heavy (non-hydrogen) atoms. The van der Waals surface area contributed by atoms with E-state index in [0.717, 1.165) is 36.1 Å². The summed E-state index contributed by atoms with van der Waals surface area (Å²) < 4.78 is 5.73. The summed E-state index contributed by atoms with van der Waals surface area (Å²) in [5.41, 5.74) is 2.66. The standard InChI is InChI=1S/C20H30N4O5/c1-2-17-15-8-13(5-6-16(15)23-18(26)12-29-17)9-21-20(28)22-10-19(27)24-7-3-4-14(24)11-25/h5-6,8,14,17-18,23,25-26H,2-4,7,9-12H2,1H3,(H2,21,22,28)/t14?,17-,18+/m0/s1. The molecule has 3 amide bonds. The van der Waals surface area contributed by atoms with Crippen LogP contribution in [-0.4, -0.2) is 65.6 Å². The third kappa shape index (κ3) is 5.37. The van der Waals surface area contributed by atoms with Crippen molar-refractivity contribution in [3.63, 3.8) is 0 Å². The molecule has 2 aliphatic rings. The Hall–Kier alpha value is -2.36. The highest BCUT2D eigenvalue weighted by molar-refractivity contribution is 5.84. The summed E-state index contributed by atoms with van der Waals surface area (Å²) in [6, 6.07) is 5.13. The molecule has 3 atom stereocenters. The molecule has 0 saturated carbocycles. The fourth-order valence-corrected chi connectivity index (χ4v) is 3.83. The second-order valence-corrected chi connectivity index (χ2v) is 7.41. The van der Waals surface area contributed by atoms with Crippen LogP contribution in [0.2, 0.25) is 0 Å². The molecule has 3 rings (SSSR count). The van der Waals surface area contributed by atoms with Crippen LogP contribution in [0.5, 0.6) is 0 Å². The van der Waals surface area contributed by atoms with Crippen LogP contribution in [0, 0.1) is 0 Å². The Morgan fingerprint density at radius 1 is 1.34 bits per heavy atom. The van der Waals surface area contributed by atoms with Crippen molar-refractivity contribution in [2.75, 3.05) is 31.6 Å². The topological polar surface area (TPSA) is 123 Å². The van der Waals surface area contributed by atoms with E-state index in [1.165, 1.54) is 0 Å². The molecule has 1 saturated heterocycles. The fourth-order valence-electron chi connectivity index (χ4n) is 3.83. The van der Waals surface area contributed by atoms with E-state index in [1.54, 1.807) is 4.90 Å². The molecule has 0 aromatic heterocycles. The summed E-state index contributed by atoms with van der Waals surface area (Å²) in [4.78, 5) is 25.9. The average molecular weight is 406 g/mol. The first-order chi connectivity index (χ1) is 14.0. The molecule has 1 aromatic carbocycles. The zero-order valence-corrected chi connectivity index (χ0v) is 16.7. The predicted octanol–water partition coefficient (Wildman–Crippen LogP) is 0.681. The molecule has 2 aliphatic heterocycles. The maximum Gasteiger partial charge on any atom is 0.315 e. The number of hydrogen-bond donors (Lipinski definition) is 5. The van der Waals surface area contributed by atoms with Gasteiger partial charge in [-0.3, -0.25) is 4.79 Å². The van der Waals surface area contributed by atoms with E-state index in [4.69, 9.17) is 4.74 Å². The molecule has 0 aliphatic carbocycles. The smallest absolute Gasteiger partial charge is 0.315 e. The van der Waals surface area contributed by atoms with Crippen molar-refractivity contribution in [1.29, 1.82) is 0 Å². The summed E-state index contributed by atoms with van der Waals surface area (Å²) >= 11 is 0. The van der Waals surface area contributed by atoms with Crippen LogP contribution in [0.3, 0.4) is 0 Å². The molecule has 1 unspecified atom stereocenters. The Morgan fingerprint density at radius 3 is 2.93 bits per heavy atom. The van der Waals surface area contributed by atoms with Gasteiger partial charge in [0.25, 0.3) is 0 Å². The molecule has 9 nitrogen and oxygen atoms in total. The first-order valence-electron chi connectivity index (χ1n) is 10.1. The van der Waals surface area contributed by atoms with Gasteiger partial charge in [-0.2, -0.15) is 0 Å². The summed E-state index contributed by atoms with van der Waals surface area (Å²) in [5.74, 6) is -0.186. The Kier molecular flexibility index (Phi) is 7.29. The zero-order chi connectivity index (χ0) is 20.8. The van der Waals surface area contributed by atoms with E-state index in [1.807, 2.05) is 25.1 Å². The van der Waals surface area contributed by atoms with Crippen molar-refractivity contribution in [3.8, 4) is 0 Å². The van der Waals surface area contributed by atoms with E-state index >= 15 is 0 Å². The lowest BCUT2D eigenvalue weighted by molar-refractivity contribution is -0.131. The summed E-state index contributed by atoms with van der Waals surface area (Å²) in [6.07, 6.45) is 1.56. The van der Waals surface area contributed by atoms with Crippen LogP contribution >= 0.6 is 0 Å². The second kappa shape index (κ2) is 9.91. The van der Waals surface area contributed by atoms with Crippen LogP contribution in [0.25, 0.3) is 0 Å². The Bertz CT molecular complexity index is 729. The number of hydrogen-bond acceptors (Lipinski definition) is 6. The van der Waals surface area contributed by atoms with Gasteiger partial charge < -0.3 is 35.8 Å². The molecule has 160 valence electrons. The van der Waals surface area contributed by atoms with Crippen molar-refractivity contribution >= 4 is 17.6 Å². The lowest BCUT2D eigenvalue weighted by Gasteiger charge is -2.23. The molecule has 0 spiro atoms. The summed E-state index contributed by atoms with van der Waals surface area (Å²) in [7, 11) is 0. The van der Waals surface area contributed by atoms with Gasteiger partial charge in [-0.1, -0.05) is 13.0 Å². The van der Waals surface area contributed by atoms with E-state index in [9.17, 15) is 19.8 Å². The third-order valence-corrected chi connectivity index (χ3v) is 5.37. The van der Waals surface area contributed by atoms with Gasteiger partial charge in [0.15, 0.2) is 0 Å². The van der Waals surface area contributed by atoms with Crippen molar-refractivity contribution in [2.45, 2.75) is 51.1 Å². The average Bonchev–Trinajstić information content (AvgIpc) is 3.14. The number of aliphatic hydroxyl groups excluding tert-OH is 2. The minimum absolute atomic E-state index is 0.0510. The lowest BCUT2D eigenvalue weighted by atomic mass is 10.0. The summed E-state index contributed by atoms with van der Waals surface area (Å²) in [6.45, 7) is 3.00. The fraction of sp³-hybridized carbons (Fsp3) is 0.600. The monoisotopic (exact) mass is 406 g/mol. The number of rotatable bonds is 6. The maximum absolute atomic E-state index is 12.2. The molecule has 1 fully saturated rings. The van der Waals surface area contributed by atoms with Gasteiger partial charge in [-0.25, -0.2) is 4.79 Å². The van der Waals surface area contributed by atoms with E-state index in [2.05, 4.69) is 16.0 Å². The molecular formula is C20H30N4O5. The zero-order valence-electron chi connectivity index (χ0n) is 16.7. The molecule has 2 heterocycles. The largest absolute Gasteiger partial charge is 0.394 e. The van der Waals surface area contributed by atoms with E-state index in [-0.39, 0.29) is 37.8 Å². The Labute approximate surface area is 170 Å². The van der Waals surface area contributed by atoms with Crippen molar-refractivity contribution < 1.29 is 24.5 Å². The lowest BCUT2D eigenvalue weighted by Crippen LogP contribution is -2.46. The number of fused-ring (bicyclic) bond motifs is 1. The van der Waals surface area contributed by atoms with Crippen LogP contribution in [0.1, 0.15) is 43.4 Å². The predicted molar refractivity (Wildman–Crippen MR) is 107 cm³/mol. The number of urea groups is 1. The number of carbonyl (C=O) groups is 2. The van der Waals surface area contributed by atoms with Crippen LogP contribution in [0.15, 0.2) is 18.2 Å². The van der Waals surface area contributed by atoms with Gasteiger partial charge >= 0.3 is 6.03 Å². The van der Waals surface area contributed by atoms with Crippen molar-refractivity contribution in [3.05, 3.63) is 29.3 Å². The Morgan fingerprint density at radius 2 is 2.17 bits per heavy atom. The first-order valence-corrected chi connectivity index (χ1v) is 10.1. The van der Waals surface area contributed by atoms with Crippen molar-refractivity contribution in [1.82, 2.24) is 15.5 Å². The number of nitrogens with one attached hydrogen (secondary N) is 3. The second-order valence-electron chi connectivity index (χ2n) is 7.41. The van der Waals surface area contributed by atoms with Crippen molar-refractivity contribution in [2.24, 2.45) is 0 Å². The molecule has 0 radical (unpaired) electrons.